The van der Waals surface area contributed by atoms with Gasteiger partial charge in [0.1, 0.15) is 23.3 Å². The molecule has 20 heavy (non-hydrogen) atoms. The Morgan fingerprint density at radius 2 is 1.95 bits per heavy atom. The fraction of sp³-hybridized carbons (Fsp3) is 0.200. The van der Waals surface area contributed by atoms with Gasteiger partial charge in [-0.3, -0.25) is 4.79 Å². The molecule has 0 saturated carbocycles. The third kappa shape index (κ3) is 2.52. The molecule has 1 aliphatic carbocycles. The Kier molecular flexibility index (Phi) is 3.79. The van der Waals surface area contributed by atoms with Crippen molar-refractivity contribution in [3.8, 4) is 0 Å². The van der Waals surface area contributed by atoms with Gasteiger partial charge in [0.15, 0.2) is 0 Å². The summed E-state index contributed by atoms with van der Waals surface area (Å²) in [5.74, 6) is -2.03. The molecule has 0 aromatic heterocycles. The van der Waals surface area contributed by atoms with Crippen LogP contribution in [-0.2, 0) is 14.3 Å². The van der Waals surface area contributed by atoms with E-state index in [1.807, 2.05) is 0 Å². The van der Waals surface area contributed by atoms with Crippen LogP contribution in [0.5, 0.6) is 0 Å². The monoisotopic (exact) mass is 278 g/mol. The standard InChI is InChI=1S/C15H12F2O3/c1-20-14(19)15(9-18)4-2-10(3-5-15)11-6-12(16)8-13(17)7-11/h2-4,6-9H,5H2,1H3. The lowest BCUT2D eigenvalue weighted by molar-refractivity contribution is -0.151. The van der Waals surface area contributed by atoms with Gasteiger partial charge in [0.2, 0.25) is 0 Å². The highest BCUT2D eigenvalue weighted by atomic mass is 19.1. The van der Waals surface area contributed by atoms with Crippen molar-refractivity contribution in [2.45, 2.75) is 6.42 Å². The number of halogens is 2. The van der Waals surface area contributed by atoms with E-state index in [-0.39, 0.29) is 6.42 Å². The fourth-order valence-electron chi connectivity index (χ4n) is 2.06. The second-order valence-electron chi connectivity index (χ2n) is 4.50. The number of esters is 1. The summed E-state index contributed by atoms with van der Waals surface area (Å²) in [5, 5.41) is 0. The molecule has 0 radical (unpaired) electrons. The topological polar surface area (TPSA) is 43.4 Å². The molecule has 1 unspecified atom stereocenters. The van der Waals surface area contributed by atoms with Crippen molar-refractivity contribution in [2.75, 3.05) is 7.11 Å². The highest BCUT2D eigenvalue weighted by molar-refractivity contribution is 5.97. The first-order valence-electron chi connectivity index (χ1n) is 5.91. The largest absolute Gasteiger partial charge is 0.468 e. The number of benzene rings is 1. The van der Waals surface area contributed by atoms with Crippen molar-refractivity contribution < 1.29 is 23.1 Å². The Morgan fingerprint density at radius 1 is 1.30 bits per heavy atom. The number of carbonyl (C=O) groups excluding carboxylic acids is 2. The first kappa shape index (κ1) is 14.1. The van der Waals surface area contributed by atoms with Gasteiger partial charge in [0, 0.05) is 6.07 Å². The van der Waals surface area contributed by atoms with Gasteiger partial charge in [-0.25, -0.2) is 8.78 Å². The van der Waals surface area contributed by atoms with E-state index in [9.17, 15) is 18.4 Å². The summed E-state index contributed by atoms with van der Waals surface area (Å²) in [5.41, 5.74) is -0.461. The summed E-state index contributed by atoms with van der Waals surface area (Å²) in [4.78, 5) is 22.7. The molecule has 2 rings (SSSR count). The Morgan fingerprint density at radius 3 is 2.40 bits per heavy atom. The average Bonchev–Trinajstić information content (AvgIpc) is 2.45. The SMILES string of the molecule is COC(=O)C1(C=O)C=CC(c2cc(F)cc(F)c2)=CC1. The minimum atomic E-state index is -1.36. The van der Waals surface area contributed by atoms with Gasteiger partial charge in [-0.05, 0) is 29.7 Å². The van der Waals surface area contributed by atoms with E-state index >= 15 is 0 Å². The van der Waals surface area contributed by atoms with E-state index in [0.717, 1.165) is 6.07 Å². The van der Waals surface area contributed by atoms with Crippen LogP contribution in [0.15, 0.2) is 36.4 Å². The van der Waals surface area contributed by atoms with Crippen LogP contribution >= 0.6 is 0 Å². The minimum absolute atomic E-state index is 0.0904. The number of carbonyl (C=O) groups is 2. The number of hydrogen-bond donors (Lipinski definition) is 0. The third-order valence-corrected chi connectivity index (χ3v) is 3.19. The second kappa shape index (κ2) is 5.36. The van der Waals surface area contributed by atoms with Crippen LogP contribution in [0.4, 0.5) is 8.78 Å². The van der Waals surface area contributed by atoms with Crippen LogP contribution in [0.2, 0.25) is 0 Å². The lowest BCUT2D eigenvalue weighted by Gasteiger charge is -2.23. The molecule has 1 atom stereocenters. The molecular formula is C15H12F2O3. The highest BCUT2D eigenvalue weighted by Crippen LogP contribution is 2.33. The maximum Gasteiger partial charge on any atom is 0.323 e. The fourth-order valence-corrected chi connectivity index (χ4v) is 2.06. The molecule has 0 N–H and O–H groups in total. The smallest absolute Gasteiger partial charge is 0.323 e. The van der Waals surface area contributed by atoms with E-state index in [4.69, 9.17) is 0 Å². The van der Waals surface area contributed by atoms with Gasteiger partial charge < -0.3 is 9.53 Å². The zero-order chi connectivity index (χ0) is 14.8. The molecule has 0 aliphatic heterocycles. The number of rotatable bonds is 3. The number of hydrogen-bond acceptors (Lipinski definition) is 3. The lowest BCUT2D eigenvalue weighted by atomic mass is 9.80. The molecule has 0 amide bonds. The summed E-state index contributed by atoms with van der Waals surface area (Å²) in [7, 11) is 1.20. The lowest BCUT2D eigenvalue weighted by Crippen LogP contribution is -2.32. The molecule has 1 aromatic rings. The van der Waals surface area contributed by atoms with Gasteiger partial charge >= 0.3 is 5.97 Å². The molecule has 0 fully saturated rings. The Hall–Kier alpha value is -2.30. The molecule has 0 spiro atoms. The average molecular weight is 278 g/mol. The number of aldehydes is 1. The van der Waals surface area contributed by atoms with Crippen LogP contribution in [0.25, 0.3) is 5.57 Å². The van der Waals surface area contributed by atoms with Crippen molar-refractivity contribution >= 4 is 17.8 Å². The Bertz CT molecular complexity index is 599. The molecular weight excluding hydrogens is 266 g/mol. The zero-order valence-corrected chi connectivity index (χ0v) is 10.7. The van der Waals surface area contributed by atoms with Gasteiger partial charge in [-0.1, -0.05) is 18.2 Å². The molecule has 5 heteroatoms. The Labute approximate surface area is 114 Å². The van der Waals surface area contributed by atoms with Gasteiger partial charge in [-0.15, -0.1) is 0 Å². The normalized spacial score (nSPS) is 21.2. The number of allylic oxidation sites excluding steroid dienone is 3. The molecule has 104 valence electrons. The molecule has 0 saturated heterocycles. The van der Waals surface area contributed by atoms with Crippen molar-refractivity contribution in [3.05, 3.63) is 53.6 Å². The van der Waals surface area contributed by atoms with Crippen molar-refractivity contribution in [3.63, 3.8) is 0 Å². The van der Waals surface area contributed by atoms with E-state index in [1.54, 1.807) is 6.08 Å². The van der Waals surface area contributed by atoms with E-state index < -0.39 is 23.0 Å². The van der Waals surface area contributed by atoms with Crippen molar-refractivity contribution in [1.29, 1.82) is 0 Å². The predicted molar refractivity (Wildman–Crippen MR) is 68.6 cm³/mol. The maximum atomic E-state index is 13.2. The van der Waals surface area contributed by atoms with Gasteiger partial charge in [-0.2, -0.15) is 0 Å². The van der Waals surface area contributed by atoms with E-state index in [1.165, 1.54) is 31.4 Å². The third-order valence-electron chi connectivity index (χ3n) is 3.19. The minimum Gasteiger partial charge on any atom is -0.468 e. The van der Waals surface area contributed by atoms with Crippen molar-refractivity contribution in [2.24, 2.45) is 5.41 Å². The molecule has 0 heterocycles. The van der Waals surface area contributed by atoms with E-state index in [2.05, 4.69) is 4.74 Å². The first-order chi connectivity index (χ1) is 9.50. The summed E-state index contributed by atoms with van der Waals surface area (Å²) in [6.45, 7) is 0. The summed E-state index contributed by atoms with van der Waals surface area (Å²) in [6.07, 6.45) is 5.06. The Balaban J connectivity index is 2.32. The quantitative estimate of drug-likeness (QED) is 0.485. The summed E-state index contributed by atoms with van der Waals surface area (Å²) >= 11 is 0. The zero-order valence-electron chi connectivity index (χ0n) is 10.7. The summed E-state index contributed by atoms with van der Waals surface area (Å²) < 4.78 is 30.9. The van der Waals surface area contributed by atoms with Crippen LogP contribution in [0.1, 0.15) is 12.0 Å². The second-order valence-corrected chi connectivity index (χ2v) is 4.50. The van der Waals surface area contributed by atoms with Crippen LogP contribution in [0.3, 0.4) is 0 Å². The molecule has 3 nitrogen and oxygen atoms in total. The predicted octanol–water partition coefficient (Wildman–Crippen LogP) is 2.67. The van der Waals surface area contributed by atoms with Crippen LogP contribution in [0, 0.1) is 17.0 Å². The van der Waals surface area contributed by atoms with E-state index in [0.29, 0.717) is 17.4 Å². The van der Waals surface area contributed by atoms with Crippen LogP contribution in [-0.4, -0.2) is 19.4 Å². The van der Waals surface area contributed by atoms with Crippen LogP contribution < -0.4 is 0 Å². The summed E-state index contributed by atoms with van der Waals surface area (Å²) in [6, 6.07) is 3.15. The first-order valence-corrected chi connectivity index (χ1v) is 5.91. The van der Waals surface area contributed by atoms with Gasteiger partial charge in [0.05, 0.1) is 7.11 Å². The molecule has 0 bridgehead atoms. The number of methoxy groups -OCH3 is 1. The van der Waals surface area contributed by atoms with Crippen molar-refractivity contribution in [1.82, 2.24) is 0 Å². The number of ether oxygens (including phenoxy) is 1. The molecule has 1 aromatic carbocycles. The highest BCUT2D eigenvalue weighted by Gasteiger charge is 2.37. The molecule has 1 aliphatic rings. The van der Waals surface area contributed by atoms with Gasteiger partial charge in [0.25, 0.3) is 0 Å². The maximum absolute atomic E-state index is 13.2.